The van der Waals surface area contributed by atoms with Gasteiger partial charge in [0.2, 0.25) is 0 Å². The summed E-state index contributed by atoms with van der Waals surface area (Å²) in [5.74, 6) is 0.780. The van der Waals surface area contributed by atoms with E-state index in [2.05, 4.69) is 20.8 Å². The molecule has 1 nitrogen and oxygen atoms in total. The van der Waals surface area contributed by atoms with Gasteiger partial charge < -0.3 is 5.11 Å². The number of rotatable bonds is 0. The minimum atomic E-state index is -0.0313. The van der Waals surface area contributed by atoms with Crippen LogP contribution in [0.2, 0.25) is 0 Å². The van der Waals surface area contributed by atoms with E-state index in [1.54, 1.807) is 0 Å². The maximum absolute atomic E-state index is 9.81. The molecular weight excluding hydrogens is 333 g/mol. The predicted octanol–water partition coefficient (Wildman–Crippen LogP) is 2.19. The maximum atomic E-state index is 9.81. The van der Waals surface area contributed by atoms with Gasteiger partial charge in [0.25, 0.3) is 0 Å². The van der Waals surface area contributed by atoms with Crippen LogP contribution in [0, 0.1) is 16.7 Å². The molecule has 0 aromatic carbocycles. The molecule has 0 saturated heterocycles. The van der Waals surface area contributed by atoms with Gasteiger partial charge in [-0.15, -0.1) is 0 Å². The van der Waals surface area contributed by atoms with Gasteiger partial charge in [0.1, 0.15) is 0 Å². The first-order valence-electron chi connectivity index (χ1n) is 4.66. The van der Waals surface area contributed by atoms with E-state index in [0.717, 1.165) is 12.3 Å². The quantitative estimate of drug-likeness (QED) is 0.664. The van der Waals surface area contributed by atoms with E-state index in [9.17, 15) is 5.11 Å². The van der Waals surface area contributed by atoms with E-state index >= 15 is 0 Å². The summed E-state index contributed by atoms with van der Waals surface area (Å²) in [5.41, 5.74) is 0.601. The topological polar surface area (TPSA) is 20.2 Å². The van der Waals surface area contributed by atoms with Crippen molar-refractivity contribution in [1.82, 2.24) is 0 Å². The molecule has 12 heavy (non-hydrogen) atoms. The number of aliphatic hydroxyl groups excluding tert-OH is 1. The van der Waals surface area contributed by atoms with Crippen LogP contribution in [-0.2, 0) is 22.4 Å². The van der Waals surface area contributed by atoms with Gasteiger partial charge >= 0.3 is 0 Å². The van der Waals surface area contributed by atoms with Gasteiger partial charge in [0.05, 0.1) is 6.10 Å². The standard InChI is InChI=1S/C10H18O.Au/c1-9(2)7-4-5-10(9,3)8(11)6-7;/h7-8,11H,4-6H2,1-3H3;/t7-,8+,10-;/m1./s1. The largest absolute Gasteiger partial charge is 0.393 e. The van der Waals surface area contributed by atoms with Crippen LogP contribution in [0.3, 0.4) is 0 Å². The first kappa shape index (κ1) is 10.8. The second-order valence-corrected chi connectivity index (χ2v) is 5.13. The van der Waals surface area contributed by atoms with Crippen molar-refractivity contribution in [2.75, 3.05) is 0 Å². The second-order valence-electron chi connectivity index (χ2n) is 5.13. The van der Waals surface area contributed by atoms with E-state index in [0.29, 0.717) is 5.41 Å². The van der Waals surface area contributed by atoms with Crippen LogP contribution < -0.4 is 0 Å². The zero-order valence-electron chi connectivity index (χ0n) is 8.02. The molecule has 0 aromatic rings. The van der Waals surface area contributed by atoms with Crippen LogP contribution >= 0.6 is 0 Å². The number of hydrogen-bond donors (Lipinski definition) is 1. The summed E-state index contributed by atoms with van der Waals surface area (Å²) in [5, 5.41) is 9.81. The predicted molar refractivity (Wildman–Crippen MR) is 45.2 cm³/mol. The van der Waals surface area contributed by atoms with Crippen molar-refractivity contribution in [1.29, 1.82) is 0 Å². The van der Waals surface area contributed by atoms with Crippen LogP contribution in [0.25, 0.3) is 0 Å². The summed E-state index contributed by atoms with van der Waals surface area (Å²) >= 11 is 0. The van der Waals surface area contributed by atoms with Gasteiger partial charge in [-0.2, -0.15) is 0 Å². The fourth-order valence-electron chi connectivity index (χ4n) is 3.16. The summed E-state index contributed by atoms with van der Waals surface area (Å²) in [6.07, 6.45) is 3.58. The zero-order valence-corrected chi connectivity index (χ0v) is 10.2. The molecule has 2 fully saturated rings. The summed E-state index contributed by atoms with van der Waals surface area (Å²) in [7, 11) is 0. The Bertz CT molecular complexity index is 190. The zero-order chi connectivity index (χ0) is 8.28. The maximum Gasteiger partial charge on any atom is 0.0601 e. The van der Waals surface area contributed by atoms with Gasteiger partial charge in [-0.3, -0.25) is 0 Å². The van der Waals surface area contributed by atoms with Crippen LogP contribution in [0.5, 0.6) is 0 Å². The normalized spacial score (nSPS) is 49.0. The first-order chi connectivity index (χ1) is 4.98. The van der Waals surface area contributed by atoms with Gasteiger partial charge in [0, 0.05) is 22.4 Å². The Hall–Kier alpha value is 0.700. The van der Waals surface area contributed by atoms with Gasteiger partial charge in [-0.25, -0.2) is 0 Å². The van der Waals surface area contributed by atoms with Crippen LogP contribution in [-0.4, -0.2) is 11.2 Å². The van der Waals surface area contributed by atoms with Crippen molar-refractivity contribution in [2.24, 2.45) is 16.7 Å². The Morgan fingerprint density at radius 3 is 2.00 bits per heavy atom. The van der Waals surface area contributed by atoms with Crippen molar-refractivity contribution in [2.45, 2.75) is 46.1 Å². The Morgan fingerprint density at radius 2 is 1.83 bits per heavy atom. The molecule has 0 aliphatic heterocycles. The molecule has 0 aromatic heterocycles. The third-order valence-corrected chi connectivity index (χ3v) is 4.75. The molecule has 2 heteroatoms. The average molecular weight is 351 g/mol. The van der Waals surface area contributed by atoms with Crippen LogP contribution in [0.4, 0.5) is 0 Å². The molecule has 2 saturated carbocycles. The Morgan fingerprint density at radius 1 is 1.25 bits per heavy atom. The summed E-state index contributed by atoms with van der Waals surface area (Å²) < 4.78 is 0. The summed E-state index contributed by atoms with van der Waals surface area (Å²) in [6, 6.07) is 0. The third kappa shape index (κ3) is 1.00. The Labute approximate surface area is 90.4 Å². The van der Waals surface area contributed by atoms with E-state index in [4.69, 9.17) is 0 Å². The molecule has 2 aliphatic carbocycles. The number of fused-ring (bicyclic) bond motifs is 2. The molecule has 2 bridgehead atoms. The van der Waals surface area contributed by atoms with Crippen LogP contribution in [0.15, 0.2) is 0 Å². The van der Waals surface area contributed by atoms with Crippen molar-refractivity contribution in [3.05, 3.63) is 0 Å². The van der Waals surface area contributed by atoms with Gasteiger partial charge in [0.15, 0.2) is 0 Å². The van der Waals surface area contributed by atoms with E-state index < -0.39 is 0 Å². The van der Waals surface area contributed by atoms with E-state index in [-0.39, 0.29) is 33.9 Å². The fourth-order valence-corrected chi connectivity index (χ4v) is 3.16. The Kier molecular flexibility index (Phi) is 2.56. The molecule has 0 spiro atoms. The number of hydrogen-bond acceptors (Lipinski definition) is 1. The first-order valence-corrected chi connectivity index (χ1v) is 4.66. The summed E-state index contributed by atoms with van der Waals surface area (Å²) in [6.45, 7) is 6.90. The molecule has 0 amide bonds. The van der Waals surface area contributed by atoms with Crippen molar-refractivity contribution in [3.8, 4) is 0 Å². The second kappa shape index (κ2) is 2.84. The third-order valence-electron chi connectivity index (χ3n) is 4.75. The molecule has 0 unspecified atom stereocenters. The molecule has 3 atom stereocenters. The molecular formula is C10H18AuO. The average Bonchev–Trinajstić information content (AvgIpc) is 2.20. The SMILES string of the molecule is CC1(C)[C@@H]2CC[C@]1(C)[C@@H](O)C2.[Au]. The van der Waals surface area contributed by atoms with Gasteiger partial charge in [-0.05, 0) is 36.0 Å². The molecule has 1 N–H and O–H groups in total. The van der Waals surface area contributed by atoms with Crippen molar-refractivity contribution >= 4 is 0 Å². The van der Waals surface area contributed by atoms with Crippen LogP contribution in [0.1, 0.15) is 40.0 Å². The smallest absolute Gasteiger partial charge is 0.0601 e. The fraction of sp³-hybridized carbons (Fsp3) is 1.00. The van der Waals surface area contributed by atoms with E-state index in [1.807, 2.05) is 0 Å². The molecule has 1 radical (unpaired) electrons. The molecule has 2 rings (SSSR count). The minimum absolute atomic E-state index is 0. The minimum Gasteiger partial charge on any atom is -0.393 e. The Balaban J connectivity index is 0.000000720. The molecule has 2 aliphatic rings. The van der Waals surface area contributed by atoms with Crippen molar-refractivity contribution < 1.29 is 27.5 Å². The monoisotopic (exact) mass is 351 g/mol. The summed E-state index contributed by atoms with van der Waals surface area (Å²) in [4.78, 5) is 0. The number of aliphatic hydroxyl groups is 1. The van der Waals surface area contributed by atoms with E-state index in [1.165, 1.54) is 12.8 Å². The molecule has 0 heterocycles. The molecule has 75 valence electrons. The van der Waals surface area contributed by atoms with Crippen molar-refractivity contribution in [3.63, 3.8) is 0 Å². The van der Waals surface area contributed by atoms with Gasteiger partial charge in [-0.1, -0.05) is 20.8 Å².